The average Bonchev–Trinajstić information content (AvgIpc) is 2.84. The number of nitrogens with zero attached hydrogens (tertiary/aromatic N) is 1. The fourth-order valence-electron chi connectivity index (χ4n) is 3.71. The van der Waals surface area contributed by atoms with Crippen LogP contribution in [0.3, 0.4) is 0 Å². The number of hydroxylamine groups is 1. The third kappa shape index (κ3) is 7.38. The van der Waals surface area contributed by atoms with Crippen LogP contribution < -0.4 is 15.5 Å². The normalized spacial score (nSPS) is 15.9. The highest BCUT2D eigenvalue weighted by atomic mass is 32.2. The molecule has 1 heterocycles. The van der Waals surface area contributed by atoms with Gasteiger partial charge in [-0.1, -0.05) is 6.07 Å². The fourth-order valence-corrected chi connectivity index (χ4v) is 5.68. The van der Waals surface area contributed by atoms with Crippen molar-refractivity contribution in [3.8, 4) is 5.75 Å². The molecule has 11 nitrogen and oxygen atoms in total. The predicted octanol–water partition coefficient (Wildman–Crippen LogP) is 2.50. The first-order valence-electron chi connectivity index (χ1n) is 11.6. The summed E-state index contributed by atoms with van der Waals surface area (Å²) in [5.74, 6) is -1.63. The van der Waals surface area contributed by atoms with Crippen LogP contribution in [-0.2, 0) is 41.9 Å². The standard InChI is InChI=1S/C24H31N3O8SSi/c1-34-19-7-9-20(10-8-19)36(32,33)27-15-17-13-18(25-22(28)11-12-23(29)30)6-5-16(17)14-21(27)24(31)26-35-37(2,3)4/h5-10,13,21H,11-12,14-15H2,1-4H3,(H,25,28)(H,26,31)(H,29,30)/t21-/m1/s1. The third-order valence-corrected chi connectivity index (χ3v) is 8.15. The summed E-state index contributed by atoms with van der Waals surface area (Å²) < 4.78 is 39.1. The van der Waals surface area contributed by atoms with Crippen molar-refractivity contribution >= 4 is 41.8 Å². The molecule has 0 spiro atoms. The fraction of sp³-hybridized carbons (Fsp3) is 0.375. The lowest BCUT2D eigenvalue weighted by Gasteiger charge is -2.35. The van der Waals surface area contributed by atoms with Crippen LogP contribution in [0, 0.1) is 0 Å². The number of carboxylic acids is 1. The highest BCUT2D eigenvalue weighted by Crippen LogP contribution is 2.31. The number of hydrogen-bond acceptors (Lipinski definition) is 7. The Balaban J connectivity index is 1.93. The Morgan fingerprint density at radius 2 is 1.73 bits per heavy atom. The van der Waals surface area contributed by atoms with E-state index in [0.717, 1.165) is 9.87 Å². The summed E-state index contributed by atoms with van der Waals surface area (Å²) in [5, 5.41) is 11.4. The molecule has 0 bridgehead atoms. The van der Waals surface area contributed by atoms with E-state index in [4.69, 9.17) is 14.4 Å². The molecule has 13 heteroatoms. The number of carbonyl (C=O) groups excluding carboxylic acids is 2. The van der Waals surface area contributed by atoms with Gasteiger partial charge in [-0.3, -0.25) is 14.4 Å². The van der Waals surface area contributed by atoms with Gasteiger partial charge in [0.2, 0.25) is 24.2 Å². The van der Waals surface area contributed by atoms with Gasteiger partial charge in [0, 0.05) is 18.7 Å². The molecule has 3 rings (SSSR count). The second-order valence-corrected chi connectivity index (χ2v) is 15.9. The zero-order chi connectivity index (χ0) is 27.4. The minimum absolute atomic E-state index is 0.00112. The summed E-state index contributed by atoms with van der Waals surface area (Å²) in [6.07, 6.45) is -0.399. The van der Waals surface area contributed by atoms with Crippen molar-refractivity contribution in [2.75, 3.05) is 12.4 Å². The molecular formula is C24H31N3O8SSi. The van der Waals surface area contributed by atoms with Crippen molar-refractivity contribution in [2.24, 2.45) is 0 Å². The Kier molecular flexibility index (Phi) is 8.74. The van der Waals surface area contributed by atoms with Crippen molar-refractivity contribution in [3.05, 3.63) is 53.6 Å². The van der Waals surface area contributed by atoms with Crippen molar-refractivity contribution in [1.82, 2.24) is 9.79 Å². The van der Waals surface area contributed by atoms with Crippen LogP contribution in [0.1, 0.15) is 24.0 Å². The predicted molar refractivity (Wildman–Crippen MR) is 138 cm³/mol. The van der Waals surface area contributed by atoms with E-state index in [1.54, 1.807) is 18.2 Å². The second-order valence-electron chi connectivity index (χ2n) is 9.55. The number of amides is 2. The van der Waals surface area contributed by atoms with E-state index in [0.29, 0.717) is 17.0 Å². The van der Waals surface area contributed by atoms with Crippen molar-refractivity contribution < 1.29 is 37.2 Å². The molecular weight excluding hydrogens is 518 g/mol. The molecule has 3 N–H and O–H groups in total. The summed E-state index contributed by atoms with van der Waals surface area (Å²) >= 11 is 0. The van der Waals surface area contributed by atoms with E-state index in [1.807, 2.05) is 19.6 Å². The lowest BCUT2D eigenvalue weighted by Crippen LogP contribution is -2.53. The first kappa shape index (κ1) is 28.3. The topological polar surface area (TPSA) is 151 Å². The number of ether oxygens (including phenoxy) is 1. The van der Waals surface area contributed by atoms with Crippen LogP contribution in [0.15, 0.2) is 47.4 Å². The maximum atomic E-state index is 13.7. The number of fused-ring (bicyclic) bond motifs is 1. The summed E-state index contributed by atoms with van der Waals surface area (Å²) in [7, 11) is -4.76. The largest absolute Gasteiger partial charge is 0.497 e. The summed E-state index contributed by atoms with van der Waals surface area (Å²) in [6.45, 7) is 5.55. The molecule has 0 aliphatic carbocycles. The van der Waals surface area contributed by atoms with Crippen molar-refractivity contribution in [3.63, 3.8) is 0 Å². The maximum absolute atomic E-state index is 13.7. The van der Waals surface area contributed by atoms with Crippen LogP contribution in [0.5, 0.6) is 5.75 Å². The van der Waals surface area contributed by atoms with Gasteiger partial charge in [-0.2, -0.15) is 4.31 Å². The second kappa shape index (κ2) is 11.4. The SMILES string of the molecule is COc1ccc(S(=O)(=O)N2Cc3cc(NC(=O)CCC(=O)O)ccc3C[C@@H]2C(=O)NO[Si](C)(C)C)cc1. The van der Waals surface area contributed by atoms with E-state index < -0.39 is 42.2 Å². The Morgan fingerprint density at radius 3 is 2.32 bits per heavy atom. The van der Waals surface area contributed by atoms with Crippen LogP contribution in [0.2, 0.25) is 19.6 Å². The Hall–Kier alpha value is -3.26. The highest BCUT2D eigenvalue weighted by Gasteiger charge is 2.40. The van der Waals surface area contributed by atoms with E-state index in [1.165, 1.54) is 31.4 Å². The van der Waals surface area contributed by atoms with Crippen molar-refractivity contribution in [2.45, 2.75) is 56.4 Å². The zero-order valence-electron chi connectivity index (χ0n) is 21.1. The number of aliphatic carboxylic acids is 1. The van der Waals surface area contributed by atoms with Crippen LogP contribution in [-0.4, -0.2) is 57.1 Å². The molecule has 37 heavy (non-hydrogen) atoms. The number of methoxy groups -OCH3 is 1. The highest BCUT2D eigenvalue weighted by molar-refractivity contribution is 7.89. The van der Waals surface area contributed by atoms with E-state index in [2.05, 4.69) is 10.8 Å². The minimum Gasteiger partial charge on any atom is -0.497 e. The number of nitrogens with one attached hydrogen (secondary N) is 2. The molecule has 1 aliphatic heterocycles. The van der Waals surface area contributed by atoms with E-state index in [9.17, 15) is 22.8 Å². The first-order valence-corrected chi connectivity index (χ1v) is 16.4. The van der Waals surface area contributed by atoms with Crippen LogP contribution in [0.25, 0.3) is 0 Å². The van der Waals surface area contributed by atoms with Crippen LogP contribution >= 0.6 is 0 Å². The molecule has 1 aliphatic rings. The molecule has 2 amide bonds. The molecule has 0 fully saturated rings. The lowest BCUT2D eigenvalue weighted by atomic mass is 9.95. The molecule has 2 aromatic carbocycles. The molecule has 0 unspecified atom stereocenters. The Labute approximate surface area is 216 Å². The average molecular weight is 550 g/mol. The molecule has 0 aromatic heterocycles. The number of carboxylic acid groups (broad SMARTS) is 1. The molecule has 0 saturated heterocycles. The minimum atomic E-state index is -4.11. The van der Waals surface area contributed by atoms with Gasteiger partial charge in [0.15, 0.2) is 0 Å². The number of hydrogen-bond donors (Lipinski definition) is 3. The molecule has 1 atom stereocenters. The van der Waals surface area contributed by atoms with Gasteiger partial charge in [0.25, 0.3) is 5.91 Å². The van der Waals surface area contributed by atoms with Gasteiger partial charge in [-0.25, -0.2) is 13.9 Å². The number of benzene rings is 2. The summed E-state index contributed by atoms with van der Waals surface area (Å²) in [5.41, 5.74) is 4.21. The Bertz CT molecular complexity index is 1280. The van der Waals surface area contributed by atoms with Gasteiger partial charge in [0.05, 0.1) is 18.4 Å². The molecule has 200 valence electrons. The lowest BCUT2D eigenvalue weighted by molar-refractivity contribution is -0.138. The van der Waals surface area contributed by atoms with Gasteiger partial charge in [-0.15, -0.1) is 0 Å². The van der Waals surface area contributed by atoms with Gasteiger partial charge in [0.1, 0.15) is 11.8 Å². The Morgan fingerprint density at radius 1 is 1.05 bits per heavy atom. The van der Waals surface area contributed by atoms with E-state index >= 15 is 0 Å². The molecule has 2 aromatic rings. The number of sulfonamides is 1. The quantitative estimate of drug-likeness (QED) is 0.302. The summed E-state index contributed by atoms with van der Waals surface area (Å²) in [4.78, 5) is 36.0. The first-order chi connectivity index (χ1) is 17.3. The third-order valence-electron chi connectivity index (χ3n) is 5.57. The smallest absolute Gasteiger partial charge is 0.303 e. The number of carbonyl (C=O) groups is 3. The zero-order valence-corrected chi connectivity index (χ0v) is 22.9. The summed E-state index contributed by atoms with van der Waals surface area (Å²) in [6, 6.07) is 9.81. The van der Waals surface area contributed by atoms with Gasteiger partial charge in [-0.05, 0) is 73.6 Å². The number of anilines is 1. The molecule has 0 radical (unpaired) electrons. The van der Waals surface area contributed by atoms with Crippen molar-refractivity contribution in [1.29, 1.82) is 0 Å². The van der Waals surface area contributed by atoms with E-state index in [-0.39, 0.29) is 30.7 Å². The maximum Gasteiger partial charge on any atom is 0.303 e. The number of rotatable bonds is 10. The van der Waals surface area contributed by atoms with Gasteiger partial charge < -0.3 is 19.7 Å². The monoisotopic (exact) mass is 549 g/mol. The van der Waals surface area contributed by atoms with Gasteiger partial charge >= 0.3 is 5.97 Å². The molecule has 0 saturated carbocycles. The van der Waals surface area contributed by atoms with Crippen LogP contribution in [0.4, 0.5) is 5.69 Å².